The highest BCUT2D eigenvalue weighted by Crippen LogP contribution is 2.17. The van der Waals surface area contributed by atoms with Crippen LogP contribution in [0.4, 0.5) is 4.39 Å². The first-order valence-electron chi connectivity index (χ1n) is 5.23. The van der Waals surface area contributed by atoms with Gasteiger partial charge in [-0.1, -0.05) is 0 Å². The minimum atomic E-state index is -3.80. The molecule has 0 unspecified atom stereocenters. The molecule has 3 nitrogen and oxygen atoms in total. The van der Waals surface area contributed by atoms with E-state index in [1.165, 1.54) is 48.5 Å². The smallest absolute Gasteiger partial charge is 0.261 e. The van der Waals surface area contributed by atoms with Crippen LogP contribution in [0.5, 0.6) is 0 Å². The van der Waals surface area contributed by atoms with E-state index in [0.29, 0.717) is 11.1 Å². The third-order valence-corrected chi connectivity index (χ3v) is 3.87. The fourth-order valence-electron chi connectivity index (χ4n) is 1.54. The largest absolute Gasteiger partial charge is 0.289 e. The van der Waals surface area contributed by atoms with Crippen molar-refractivity contribution in [2.75, 3.05) is 0 Å². The Morgan fingerprint density at radius 3 is 1.74 bits per heavy atom. The summed E-state index contributed by atoms with van der Waals surface area (Å²) in [7, 11) is 1.37. The molecule has 2 rings (SSSR count). The van der Waals surface area contributed by atoms with Gasteiger partial charge in [0, 0.05) is 21.8 Å². The summed E-state index contributed by atoms with van der Waals surface area (Å²) in [5.74, 6) is -0.751. The highest BCUT2D eigenvalue weighted by Gasteiger charge is 2.13. The van der Waals surface area contributed by atoms with Gasteiger partial charge in [0.2, 0.25) is 0 Å². The molecule has 0 bridgehead atoms. The van der Waals surface area contributed by atoms with Crippen molar-refractivity contribution in [3.63, 3.8) is 0 Å². The van der Waals surface area contributed by atoms with Gasteiger partial charge in [-0.05, 0) is 48.5 Å². The summed E-state index contributed by atoms with van der Waals surface area (Å²) in [5.41, 5.74) is 0.624. The maximum absolute atomic E-state index is 12.7. The maximum atomic E-state index is 12.7. The van der Waals surface area contributed by atoms with Crippen molar-refractivity contribution in [1.82, 2.24) is 0 Å². The molecular formula is C13H8ClFO3S. The first-order valence-corrected chi connectivity index (χ1v) is 7.54. The molecule has 0 saturated heterocycles. The van der Waals surface area contributed by atoms with Gasteiger partial charge in [0.25, 0.3) is 9.05 Å². The van der Waals surface area contributed by atoms with Gasteiger partial charge in [0.15, 0.2) is 5.78 Å². The highest BCUT2D eigenvalue weighted by atomic mass is 35.7. The summed E-state index contributed by atoms with van der Waals surface area (Å²) < 4.78 is 34.9. The van der Waals surface area contributed by atoms with Crippen molar-refractivity contribution in [2.45, 2.75) is 4.90 Å². The molecule has 0 fully saturated rings. The molecule has 0 aliphatic rings. The molecular weight excluding hydrogens is 291 g/mol. The van der Waals surface area contributed by atoms with E-state index in [2.05, 4.69) is 0 Å². The van der Waals surface area contributed by atoms with Crippen LogP contribution in [0, 0.1) is 5.82 Å². The SMILES string of the molecule is O=C(c1ccc(F)cc1)c1ccc(S(=O)(=O)Cl)cc1. The summed E-state index contributed by atoms with van der Waals surface area (Å²) in [6.07, 6.45) is 0. The number of ketones is 1. The zero-order valence-electron chi connectivity index (χ0n) is 9.51. The van der Waals surface area contributed by atoms with Crippen molar-refractivity contribution in [3.05, 3.63) is 65.5 Å². The summed E-state index contributed by atoms with van der Waals surface area (Å²) in [6, 6.07) is 10.3. The Bertz CT molecular complexity index is 707. The van der Waals surface area contributed by atoms with Crippen LogP contribution >= 0.6 is 10.7 Å². The van der Waals surface area contributed by atoms with Gasteiger partial charge < -0.3 is 0 Å². The average Bonchev–Trinajstić information content (AvgIpc) is 2.38. The average molecular weight is 299 g/mol. The molecule has 0 heterocycles. The Kier molecular flexibility index (Phi) is 3.68. The van der Waals surface area contributed by atoms with E-state index in [4.69, 9.17) is 10.7 Å². The molecule has 2 aromatic rings. The Hall–Kier alpha value is -1.72. The van der Waals surface area contributed by atoms with E-state index >= 15 is 0 Å². The van der Waals surface area contributed by atoms with Crippen LogP contribution in [-0.2, 0) is 9.05 Å². The molecule has 0 saturated carbocycles. The fourth-order valence-corrected chi connectivity index (χ4v) is 2.31. The molecule has 0 spiro atoms. The van der Waals surface area contributed by atoms with Gasteiger partial charge in [-0.15, -0.1) is 0 Å². The minimum Gasteiger partial charge on any atom is -0.289 e. The number of hydrogen-bond acceptors (Lipinski definition) is 3. The Morgan fingerprint density at radius 2 is 1.32 bits per heavy atom. The van der Waals surface area contributed by atoms with E-state index in [1.54, 1.807) is 0 Å². The first kappa shape index (κ1) is 13.7. The van der Waals surface area contributed by atoms with Crippen molar-refractivity contribution in [1.29, 1.82) is 0 Å². The molecule has 0 aliphatic heterocycles. The molecule has 0 atom stereocenters. The van der Waals surface area contributed by atoms with Gasteiger partial charge in [-0.25, -0.2) is 12.8 Å². The van der Waals surface area contributed by atoms with Crippen LogP contribution in [0.2, 0.25) is 0 Å². The lowest BCUT2D eigenvalue weighted by atomic mass is 10.0. The van der Waals surface area contributed by atoms with Gasteiger partial charge in [0.1, 0.15) is 5.82 Å². The topological polar surface area (TPSA) is 51.2 Å². The van der Waals surface area contributed by atoms with E-state index in [0.717, 1.165) is 0 Å². The third kappa shape index (κ3) is 3.19. The number of halogens is 2. The quantitative estimate of drug-likeness (QED) is 0.646. The van der Waals surface area contributed by atoms with E-state index in [-0.39, 0.29) is 10.7 Å². The monoisotopic (exact) mass is 298 g/mol. The molecule has 19 heavy (non-hydrogen) atoms. The standard InChI is InChI=1S/C13H8ClFO3S/c14-19(17,18)12-7-3-10(4-8-12)13(16)9-1-5-11(15)6-2-9/h1-8H. The predicted octanol–water partition coefficient (Wildman–Crippen LogP) is 2.98. The van der Waals surface area contributed by atoms with Crippen molar-refractivity contribution < 1.29 is 17.6 Å². The Labute approximate surface area is 114 Å². The molecule has 0 N–H and O–H groups in total. The second-order valence-corrected chi connectivity index (χ2v) is 6.36. The molecule has 98 valence electrons. The van der Waals surface area contributed by atoms with Gasteiger partial charge >= 0.3 is 0 Å². The number of carbonyl (C=O) groups is 1. The summed E-state index contributed by atoms with van der Waals surface area (Å²) >= 11 is 0. The number of hydrogen-bond donors (Lipinski definition) is 0. The lowest BCUT2D eigenvalue weighted by Crippen LogP contribution is -2.01. The van der Waals surface area contributed by atoms with Crippen LogP contribution < -0.4 is 0 Å². The fraction of sp³-hybridized carbons (Fsp3) is 0. The normalized spacial score (nSPS) is 11.3. The number of rotatable bonds is 3. The van der Waals surface area contributed by atoms with E-state index in [9.17, 15) is 17.6 Å². The molecule has 0 aliphatic carbocycles. The van der Waals surface area contributed by atoms with Crippen LogP contribution in [0.3, 0.4) is 0 Å². The van der Waals surface area contributed by atoms with Crippen LogP contribution in [0.25, 0.3) is 0 Å². The van der Waals surface area contributed by atoms with Crippen molar-refractivity contribution >= 4 is 25.5 Å². The summed E-state index contributed by atoms with van der Waals surface area (Å²) in [5, 5.41) is 0. The van der Waals surface area contributed by atoms with Crippen LogP contribution in [0.1, 0.15) is 15.9 Å². The third-order valence-electron chi connectivity index (χ3n) is 2.50. The Balaban J connectivity index is 2.32. The summed E-state index contributed by atoms with van der Waals surface area (Å²) in [4.78, 5) is 11.9. The molecule has 0 radical (unpaired) electrons. The molecule has 2 aromatic carbocycles. The lowest BCUT2D eigenvalue weighted by molar-refractivity contribution is 0.103. The molecule has 0 aromatic heterocycles. The second-order valence-electron chi connectivity index (χ2n) is 3.80. The van der Waals surface area contributed by atoms with Crippen LogP contribution in [0.15, 0.2) is 53.4 Å². The zero-order chi connectivity index (χ0) is 14.0. The minimum absolute atomic E-state index is 0.0789. The summed E-state index contributed by atoms with van der Waals surface area (Å²) in [6.45, 7) is 0. The van der Waals surface area contributed by atoms with Crippen molar-refractivity contribution in [3.8, 4) is 0 Å². The van der Waals surface area contributed by atoms with Crippen molar-refractivity contribution in [2.24, 2.45) is 0 Å². The Morgan fingerprint density at radius 1 is 0.895 bits per heavy atom. The van der Waals surface area contributed by atoms with E-state index < -0.39 is 14.9 Å². The first-order chi connectivity index (χ1) is 8.88. The van der Waals surface area contributed by atoms with Crippen LogP contribution in [-0.4, -0.2) is 14.2 Å². The molecule has 0 amide bonds. The lowest BCUT2D eigenvalue weighted by Gasteiger charge is -2.02. The predicted molar refractivity (Wildman–Crippen MR) is 69.3 cm³/mol. The zero-order valence-corrected chi connectivity index (χ0v) is 11.1. The van der Waals surface area contributed by atoms with E-state index in [1.807, 2.05) is 0 Å². The number of benzene rings is 2. The van der Waals surface area contributed by atoms with Gasteiger partial charge in [0.05, 0.1) is 4.90 Å². The highest BCUT2D eigenvalue weighted by molar-refractivity contribution is 8.13. The van der Waals surface area contributed by atoms with Gasteiger partial charge in [-0.3, -0.25) is 4.79 Å². The molecule has 6 heteroatoms. The second kappa shape index (κ2) is 5.11. The van der Waals surface area contributed by atoms with Gasteiger partial charge in [-0.2, -0.15) is 0 Å². The maximum Gasteiger partial charge on any atom is 0.261 e. The number of carbonyl (C=O) groups excluding carboxylic acids is 1.